The molecule has 29 heavy (non-hydrogen) atoms. The van der Waals surface area contributed by atoms with E-state index in [0.29, 0.717) is 18.0 Å². The zero-order chi connectivity index (χ0) is 20.0. The summed E-state index contributed by atoms with van der Waals surface area (Å²) >= 11 is 0. The molecule has 0 atom stereocenters. The molecule has 0 spiro atoms. The number of hydrogen-bond donors (Lipinski definition) is 2. The van der Waals surface area contributed by atoms with Gasteiger partial charge < -0.3 is 15.1 Å². The first-order valence-electron chi connectivity index (χ1n) is 9.24. The van der Waals surface area contributed by atoms with E-state index in [1.54, 1.807) is 12.1 Å². The molecule has 0 saturated heterocycles. The second kappa shape index (κ2) is 10.6. The molecule has 6 nitrogen and oxygen atoms in total. The van der Waals surface area contributed by atoms with Crippen molar-refractivity contribution in [3.63, 3.8) is 0 Å². The summed E-state index contributed by atoms with van der Waals surface area (Å²) in [7, 11) is -3.16. The van der Waals surface area contributed by atoms with Crippen molar-refractivity contribution in [2.75, 3.05) is 19.3 Å². The van der Waals surface area contributed by atoms with Crippen LogP contribution in [0.25, 0.3) is 11.0 Å². The van der Waals surface area contributed by atoms with Crippen LogP contribution in [0.3, 0.4) is 0 Å². The molecular formula is C21H26IN3O3S. The van der Waals surface area contributed by atoms with Gasteiger partial charge in [0.2, 0.25) is 0 Å². The first kappa shape index (κ1) is 23.2. The van der Waals surface area contributed by atoms with E-state index in [4.69, 9.17) is 4.42 Å². The van der Waals surface area contributed by atoms with Crippen molar-refractivity contribution < 1.29 is 12.8 Å². The average molecular weight is 527 g/mol. The summed E-state index contributed by atoms with van der Waals surface area (Å²) in [5, 5.41) is 7.59. The predicted molar refractivity (Wildman–Crippen MR) is 128 cm³/mol. The van der Waals surface area contributed by atoms with Crippen molar-refractivity contribution in [1.82, 2.24) is 10.6 Å². The number of hydrogen-bond acceptors (Lipinski definition) is 4. The van der Waals surface area contributed by atoms with Gasteiger partial charge in [0.05, 0.1) is 4.90 Å². The van der Waals surface area contributed by atoms with Gasteiger partial charge in [-0.2, -0.15) is 0 Å². The van der Waals surface area contributed by atoms with Gasteiger partial charge in [0.25, 0.3) is 0 Å². The molecule has 0 aliphatic heterocycles. The Hall–Kier alpha value is -2.07. The monoisotopic (exact) mass is 527 g/mol. The number of fused-ring (bicyclic) bond motifs is 1. The maximum atomic E-state index is 11.5. The average Bonchev–Trinajstić information content (AvgIpc) is 3.09. The lowest BCUT2D eigenvalue weighted by molar-refractivity contribution is 0.551. The van der Waals surface area contributed by atoms with Crippen LogP contribution in [0.1, 0.15) is 18.2 Å². The number of guanidine groups is 1. The fourth-order valence-corrected chi connectivity index (χ4v) is 3.47. The van der Waals surface area contributed by atoms with Gasteiger partial charge in [0.1, 0.15) is 17.9 Å². The second-order valence-electron chi connectivity index (χ2n) is 6.54. The summed E-state index contributed by atoms with van der Waals surface area (Å²) in [4.78, 5) is 4.92. The highest BCUT2D eigenvalue weighted by atomic mass is 127. The first-order chi connectivity index (χ1) is 13.5. The van der Waals surface area contributed by atoms with E-state index in [9.17, 15) is 8.42 Å². The highest BCUT2D eigenvalue weighted by Gasteiger charge is 2.06. The largest absolute Gasteiger partial charge is 0.459 e. The summed E-state index contributed by atoms with van der Waals surface area (Å²) < 4.78 is 28.8. The first-order valence-corrected chi connectivity index (χ1v) is 11.1. The lowest BCUT2D eigenvalue weighted by Gasteiger charge is -2.11. The van der Waals surface area contributed by atoms with Crippen molar-refractivity contribution in [2.24, 2.45) is 4.99 Å². The molecule has 0 radical (unpaired) electrons. The molecule has 2 aromatic carbocycles. The van der Waals surface area contributed by atoms with Gasteiger partial charge in [0.15, 0.2) is 15.8 Å². The Labute approximate surface area is 188 Å². The molecule has 0 amide bonds. The Morgan fingerprint density at radius 1 is 1.07 bits per heavy atom. The zero-order valence-corrected chi connectivity index (χ0v) is 19.7. The Bertz CT molecular complexity index is 1030. The van der Waals surface area contributed by atoms with Crippen LogP contribution in [0.5, 0.6) is 0 Å². The van der Waals surface area contributed by atoms with E-state index in [1.807, 2.05) is 49.4 Å². The molecule has 0 bridgehead atoms. The fourth-order valence-electron chi connectivity index (χ4n) is 2.84. The van der Waals surface area contributed by atoms with Crippen LogP contribution < -0.4 is 10.6 Å². The lowest BCUT2D eigenvalue weighted by atomic mass is 10.1. The highest BCUT2D eigenvalue weighted by Crippen LogP contribution is 2.19. The van der Waals surface area contributed by atoms with Crippen molar-refractivity contribution in [1.29, 1.82) is 0 Å². The molecule has 3 aromatic rings. The minimum absolute atomic E-state index is 0. The van der Waals surface area contributed by atoms with Crippen molar-refractivity contribution >= 4 is 50.7 Å². The highest BCUT2D eigenvalue weighted by molar-refractivity contribution is 14.0. The van der Waals surface area contributed by atoms with Gasteiger partial charge >= 0.3 is 0 Å². The number of nitrogens with zero attached hydrogens (tertiary/aromatic N) is 1. The standard InChI is InChI=1S/C21H25N3O3S.HI/c1-3-22-21(24-15-18-14-17-6-4-5-7-20(17)27-18)23-13-12-16-8-10-19(11-9-16)28(2,25)26;/h4-11,14H,3,12-13,15H2,1-2H3,(H2,22,23,24);1H. The van der Waals surface area contributed by atoms with Crippen LogP contribution in [-0.4, -0.2) is 33.7 Å². The Morgan fingerprint density at radius 2 is 1.79 bits per heavy atom. The molecule has 0 saturated carbocycles. The summed E-state index contributed by atoms with van der Waals surface area (Å²) in [6.45, 7) is 3.91. The molecule has 2 N–H and O–H groups in total. The molecule has 0 aliphatic carbocycles. The van der Waals surface area contributed by atoms with Gasteiger partial charge in [-0.15, -0.1) is 24.0 Å². The van der Waals surface area contributed by atoms with Crippen LogP contribution in [0.15, 0.2) is 68.9 Å². The van der Waals surface area contributed by atoms with E-state index in [0.717, 1.165) is 41.2 Å². The van der Waals surface area contributed by atoms with E-state index in [1.165, 1.54) is 6.26 Å². The van der Waals surface area contributed by atoms with E-state index < -0.39 is 9.84 Å². The number of aliphatic imine (C=N–C) groups is 1. The van der Waals surface area contributed by atoms with Crippen molar-refractivity contribution in [3.8, 4) is 0 Å². The Morgan fingerprint density at radius 3 is 2.45 bits per heavy atom. The molecular weight excluding hydrogens is 501 g/mol. The van der Waals surface area contributed by atoms with Crippen LogP contribution >= 0.6 is 24.0 Å². The zero-order valence-electron chi connectivity index (χ0n) is 16.5. The number of sulfone groups is 1. The van der Waals surface area contributed by atoms with E-state index >= 15 is 0 Å². The Kier molecular flexibility index (Phi) is 8.51. The summed E-state index contributed by atoms with van der Waals surface area (Å²) in [6.07, 6.45) is 1.98. The third kappa shape index (κ3) is 6.74. The number of benzene rings is 2. The number of para-hydroxylation sites is 1. The molecule has 0 fully saturated rings. The minimum Gasteiger partial charge on any atom is -0.459 e. The quantitative estimate of drug-likeness (QED) is 0.278. The van der Waals surface area contributed by atoms with Crippen LogP contribution in [0.2, 0.25) is 0 Å². The summed E-state index contributed by atoms with van der Waals surface area (Å²) in [6, 6.07) is 16.9. The summed E-state index contributed by atoms with van der Waals surface area (Å²) in [5.74, 6) is 1.53. The smallest absolute Gasteiger partial charge is 0.191 e. The second-order valence-corrected chi connectivity index (χ2v) is 8.55. The third-order valence-corrected chi connectivity index (χ3v) is 5.40. The molecule has 156 valence electrons. The maximum absolute atomic E-state index is 11.5. The fraction of sp³-hybridized carbons (Fsp3) is 0.286. The molecule has 8 heteroatoms. The summed E-state index contributed by atoms with van der Waals surface area (Å²) in [5.41, 5.74) is 1.93. The van der Waals surface area contributed by atoms with Gasteiger partial charge in [0, 0.05) is 24.7 Å². The number of furan rings is 1. The lowest BCUT2D eigenvalue weighted by Crippen LogP contribution is -2.38. The Balaban J connectivity index is 0.00000300. The minimum atomic E-state index is -3.16. The number of halogens is 1. The normalized spacial score (nSPS) is 11.9. The maximum Gasteiger partial charge on any atom is 0.191 e. The van der Waals surface area contributed by atoms with Gasteiger partial charge in [-0.1, -0.05) is 30.3 Å². The molecule has 1 aromatic heterocycles. The molecule has 0 unspecified atom stereocenters. The van der Waals surface area contributed by atoms with E-state index in [2.05, 4.69) is 15.6 Å². The topological polar surface area (TPSA) is 83.7 Å². The molecule has 3 rings (SSSR count). The van der Waals surface area contributed by atoms with Crippen LogP contribution in [0, 0.1) is 0 Å². The van der Waals surface area contributed by atoms with E-state index in [-0.39, 0.29) is 24.0 Å². The van der Waals surface area contributed by atoms with Gasteiger partial charge in [-0.3, -0.25) is 0 Å². The van der Waals surface area contributed by atoms with Crippen molar-refractivity contribution in [3.05, 3.63) is 65.9 Å². The number of nitrogens with one attached hydrogen (secondary N) is 2. The molecule has 1 heterocycles. The third-order valence-electron chi connectivity index (χ3n) is 4.27. The molecule has 0 aliphatic rings. The van der Waals surface area contributed by atoms with Gasteiger partial charge in [-0.05, 0) is 43.2 Å². The number of rotatable bonds is 7. The van der Waals surface area contributed by atoms with Gasteiger partial charge in [-0.25, -0.2) is 13.4 Å². The van der Waals surface area contributed by atoms with Crippen LogP contribution in [0.4, 0.5) is 0 Å². The van der Waals surface area contributed by atoms with Crippen LogP contribution in [-0.2, 0) is 22.8 Å². The van der Waals surface area contributed by atoms with Crippen molar-refractivity contribution in [2.45, 2.75) is 24.8 Å². The predicted octanol–water partition coefficient (Wildman–Crippen LogP) is 3.75. The SMILES string of the molecule is CCNC(=NCc1cc2ccccc2o1)NCCc1ccc(S(C)(=O)=O)cc1.I.